The molecule has 1 amide bonds. The Hall–Kier alpha value is -1.03. The van der Waals surface area contributed by atoms with Gasteiger partial charge >= 0.3 is 0 Å². The number of hydrogen-bond acceptors (Lipinski definition) is 2. The molecule has 1 fully saturated rings. The van der Waals surface area contributed by atoms with Crippen molar-refractivity contribution < 1.29 is 9.53 Å². The number of ether oxygens (including phenoxy) is 1. The van der Waals surface area contributed by atoms with Gasteiger partial charge in [-0.15, -0.1) is 0 Å². The zero-order valence-corrected chi connectivity index (χ0v) is 11.7. The maximum atomic E-state index is 11.7. The highest BCUT2D eigenvalue weighted by molar-refractivity contribution is 9.09. The van der Waals surface area contributed by atoms with Crippen LogP contribution >= 0.6 is 15.9 Å². The molecule has 1 aromatic rings. The second-order valence-corrected chi connectivity index (χ2v) is 5.72. The summed E-state index contributed by atoms with van der Waals surface area (Å²) in [4.78, 5) is 11.7. The van der Waals surface area contributed by atoms with Gasteiger partial charge in [0.05, 0.1) is 6.61 Å². The summed E-state index contributed by atoms with van der Waals surface area (Å²) in [7, 11) is 0. The summed E-state index contributed by atoms with van der Waals surface area (Å²) in [6.45, 7) is 0.727. The number of unbranched alkanes of at least 4 members (excludes halogenated alkanes) is 1. The molecule has 0 saturated heterocycles. The zero-order chi connectivity index (χ0) is 12.5. The summed E-state index contributed by atoms with van der Waals surface area (Å²) in [5, 5.41) is 3.98. The van der Waals surface area contributed by atoms with Gasteiger partial charge < -0.3 is 10.1 Å². The highest BCUT2D eigenvalue weighted by Gasteiger charge is 2.48. The minimum Gasteiger partial charge on any atom is -0.494 e. The second kappa shape index (κ2) is 4.92. The largest absolute Gasteiger partial charge is 0.494 e. The molecule has 1 saturated carbocycles. The fourth-order valence-electron chi connectivity index (χ4n) is 2.50. The smallest absolute Gasteiger partial charge is 0.228 e. The number of amides is 1. The van der Waals surface area contributed by atoms with Crippen LogP contribution in [0.2, 0.25) is 0 Å². The van der Waals surface area contributed by atoms with Crippen molar-refractivity contribution in [1.29, 1.82) is 0 Å². The zero-order valence-electron chi connectivity index (χ0n) is 10.1. The van der Waals surface area contributed by atoms with Crippen LogP contribution in [0, 0.1) is 5.92 Å². The van der Waals surface area contributed by atoms with Gasteiger partial charge in [-0.1, -0.05) is 22.0 Å². The van der Waals surface area contributed by atoms with Crippen LogP contribution < -0.4 is 10.1 Å². The Kier molecular flexibility index (Phi) is 3.29. The topological polar surface area (TPSA) is 38.3 Å². The highest BCUT2D eigenvalue weighted by atomic mass is 79.9. The molecule has 1 heterocycles. The Labute approximate surface area is 115 Å². The predicted octanol–water partition coefficient (Wildman–Crippen LogP) is 3.30. The lowest BCUT2D eigenvalue weighted by Crippen LogP contribution is -2.19. The van der Waals surface area contributed by atoms with Crippen LogP contribution in [-0.2, 0) is 4.79 Å². The molecule has 96 valence electrons. The van der Waals surface area contributed by atoms with Crippen molar-refractivity contribution in [3.63, 3.8) is 0 Å². The van der Waals surface area contributed by atoms with Gasteiger partial charge in [0, 0.05) is 23.0 Å². The van der Waals surface area contributed by atoms with E-state index in [9.17, 15) is 4.79 Å². The number of halogens is 1. The molecule has 1 aromatic carbocycles. The van der Waals surface area contributed by atoms with E-state index in [1.54, 1.807) is 0 Å². The Morgan fingerprint density at radius 3 is 3.06 bits per heavy atom. The normalized spacial score (nSPS) is 23.9. The molecule has 0 radical (unpaired) electrons. The molecule has 0 spiro atoms. The van der Waals surface area contributed by atoms with Crippen LogP contribution in [0.1, 0.15) is 30.7 Å². The minimum atomic E-state index is 0.170. The second-order valence-electron chi connectivity index (χ2n) is 4.93. The van der Waals surface area contributed by atoms with Crippen LogP contribution in [0.15, 0.2) is 18.2 Å². The standard InChI is InChI=1S/C14H16BrNO2/c15-5-1-2-6-18-9-3-4-10-11-8-12(11)14(17)16-13(10)7-9/h3-4,7,11-12H,1-2,5-6,8H2,(H,16,17). The lowest BCUT2D eigenvalue weighted by molar-refractivity contribution is -0.117. The predicted molar refractivity (Wildman–Crippen MR) is 74.4 cm³/mol. The molecule has 1 aliphatic heterocycles. The first-order valence-electron chi connectivity index (χ1n) is 6.43. The quantitative estimate of drug-likeness (QED) is 0.669. The van der Waals surface area contributed by atoms with E-state index in [1.165, 1.54) is 5.56 Å². The first-order chi connectivity index (χ1) is 8.79. The number of carbonyl (C=O) groups excluding carboxylic acids is 1. The van der Waals surface area contributed by atoms with Crippen molar-refractivity contribution in [1.82, 2.24) is 0 Å². The number of hydrogen-bond donors (Lipinski definition) is 1. The molecular weight excluding hydrogens is 294 g/mol. The fourth-order valence-corrected chi connectivity index (χ4v) is 2.89. The van der Waals surface area contributed by atoms with Crippen molar-refractivity contribution in [2.45, 2.75) is 25.2 Å². The molecule has 0 aromatic heterocycles. The van der Waals surface area contributed by atoms with Crippen molar-refractivity contribution in [2.75, 3.05) is 17.3 Å². The summed E-state index contributed by atoms with van der Waals surface area (Å²) in [6.07, 6.45) is 3.16. The molecular formula is C14H16BrNO2. The Morgan fingerprint density at radius 2 is 2.22 bits per heavy atom. The van der Waals surface area contributed by atoms with E-state index >= 15 is 0 Å². The van der Waals surface area contributed by atoms with Gasteiger partial charge in [-0.3, -0.25) is 4.79 Å². The third-order valence-electron chi connectivity index (χ3n) is 3.61. The van der Waals surface area contributed by atoms with Crippen LogP contribution in [0.4, 0.5) is 5.69 Å². The van der Waals surface area contributed by atoms with Gasteiger partial charge in [0.2, 0.25) is 5.91 Å². The summed E-state index contributed by atoms with van der Waals surface area (Å²) >= 11 is 3.40. The van der Waals surface area contributed by atoms with Crippen molar-refractivity contribution in [2.24, 2.45) is 5.92 Å². The van der Waals surface area contributed by atoms with E-state index in [0.717, 1.165) is 42.6 Å². The number of anilines is 1. The van der Waals surface area contributed by atoms with Gasteiger partial charge in [0.1, 0.15) is 5.75 Å². The van der Waals surface area contributed by atoms with Gasteiger partial charge in [-0.05, 0) is 36.8 Å². The minimum absolute atomic E-state index is 0.170. The Bertz CT molecular complexity index is 475. The first kappa shape index (κ1) is 12.0. The lowest BCUT2D eigenvalue weighted by Gasteiger charge is -2.17. The van der Waals surface area contributed by atoms with E-state index in [-0.39, 0.29) is 11.8 Å². The lowest BCUT2D eigenvalue weighted by atomic mass is 10.0. The Morgan fingerprint density at radius 1 is 1.33 bits per heavy atom. The molecule has 4 heteroatoms. The van der Waals surface area contributed by atoms with E-state index in [1.807, 2.05) is 12.1 Å². The maximum absolute atomic E-state index is 11.7. The molecule has 0 bridgehead atoms. The average Bonchev–Trinajstić information content (AvgIpc) is 3.15. The van der Waals surface area contributed by atoms with Crippen LogP contribution in [0.5, 0.6) is 5.75 Å². The molecule has 2 unspecified atom stereocenters. The van der Waals surface area contributed by atoms with E-state index in [0.29, 0.717) is 5.92 Å². The van der Waals surface area contributed by atoms with Crippen LogP contribution in [0.3, 0.4) is 0 Å². The SMILES string of the molecule is O=C1Nc2cc(OCCCCBr)ccc2C2CC12. The molecule has 2 aliphatic rings. The van der Waals surface area contributed by atoms with Crippen LogP contribution in [0.25, 0.3) is 0 Å². The summed E-state index contributed by atoms with van der Waals surface area (Å²) < 4.78 is 5.69. The van der Waals surface area contributed by atoms with Gasteiger partial charge in [0.25, 0.3) is 0 Å². The fraction of sp³-hybridized carbons (Fsp3) is 0.500. The molecule has 3 rings (SSSR count). The van der Waals surface area contributed by atoms with E-state index < -0.39 is 0 Å². The van der Waals surface area contributed by atoms with E-state index in [4.69, 9.17) is 4.74 Å². The number of carbonyl (C=O) groups is 1. The molecule has 1 N–H and O–H groups in total. The highest BCUT2D eigenvalue weighted by Crippen LogP contribution is 2.53. The number of rotatable bonds is 5. The number of fused-ring (bicyclic) bond motifs is 3. The number of alkyl halides is 1. The van der Waals surface area contributed by atoms with Gasteiger partial charge in [0.15, 0.2) is 0 Å². The molecule has 3 nitrogen and oxygen atoms in total. The maximum Gasteiger partial charge on any atom is 0.228 e. The van der Waals surface area contributed by atoms with Crippen molar-refractivity contribution in [3.8, 4) is 5.75 Å². The monoisotopic (exact) mass is 309 g/mol. The Balaban J connectivity index is 1.67. The summed E-state index contributed by atoms with van der Waals surface area (Å²) in [5.74, 6) is 1.70. The first-order valence-corrected chi connectivity index (χ1v) is 7.55. The summed E-state index contributed by atoms with van der Waals surface area (Å²) in [6, 6.07) is 6.06. The van der Waals surface area contributed by atoms with Crippen molar-refractivity contribution in [3.05, 3.63) is 23.8 Å². The van der Waals surface area contributed by atoms with Gasteiger partial charge in [-0.25, -0.2) is 0 Å². The molecule has 1 aliphatic carbocycles. The molecule has 18 heavy (non-hydrogen) atoms. The van der Waals surface area contributed by atoms with E-state index in [2.05, 4.69) is 27.3 Å². The third-order valence-corrected chi connectivity index (χ3v) is 4.17. The summed E-state index contributed by atoms with van der Waals surface area (Å²) in [5.41, 5.74) is 2.21. The average molecular weight is 310 g/mol. The number of benzene rings is 1. The van der Waals surface area contributed by atoms with Crippen molar-refractivity contribution >= 4 is 27.5 Å². The third kappa shape index (κ3) is 2.26. The number of nitrogens with one attached hydrogen (secondary N) is 1. The van der Waals surface area contributed by atoms with Crippen LogP contribution in [-0.4, -0.2) is 17.8 Å². The molecule has 2 atom stereocenters. The van der Waals surface area contributed by atoms with Gasteiger partial charge in [-0.2, -0.15) is 0 Å².